The minimum Gasteiger partial charge on any atom is -0.301 e. The molecular formula is C8H13BrF3NS. The van der Waals surface area contributed by atoms with Crippen LogP contribution in [0.1, 0.15) is 6.42 Å². The second kappa shape index (κ2) is 5.07. The molecule has 0 saturated carbocycles. The molecule has 1 fully saturated rings. The number of nitrogens with zero attached hydrogens (tertiary/aromatic N) is 1. The number of thioether (sulfide) groups is 1. The van der Waals surface area contributed by atoms with Crippen LogP contribution in [-0.4, -0.2) is 47.0 Å². The highest BCUT2D eigenvalue weighted by Gasteiger charge is 2.39. The summed E-state index contributed by atoms with van der Waals surface area (Å²) in [6, 6.07) is 0.308. The van der Waals surface area contributed by atoms with Gasteiger partial charge in [-0.25, -0.2) is 0 Å². The van der Waals surface area contributed by atoms with Gasteiger partial charge in [0.1, 0.15) is 4.83 Å². The van der Waals surface area contributed by atoms with Gasteiger partial charge in [-0.15, -0.1) is 0 Å². The lowest BCUT2D eigenvalue weighted by Crippen LogP contribution is -2.40. The van der Waals surface area contributed by atoms with Gasteiger partial charge in [0.2, 0.25) is 0 Å². The Kier molecular flexibility index (Phi) is 4.58. The molecule has 1 rings (SSSR count). The fraction of sp³-hybridized carbons (Fsp3) is 1.00. The Bertz CT molecular complexity index is 182. The van der Waals surface area contributed by atoms with Crippen molar-refractivity contribution in [3.8, 4) is 0 Å². The molecule has 0 spiro atoms. The third-order valence-corrected chi connectivity index (χ3v) is 4.29. The van der Waals surface area contributed by atoms with Crippen molar-refractivity contribution in [2.45, 2.75) is 23.5 Å². The van der Waals surface area contributed by atoms with Gasteiger partial charge in [0.05, 0.1) is 0 Å². The molecule has 1 nitrogen and oxygen atoms in total. The van der Waals surface area contributed by atoms with Crippen LogP contribution in [0, 0.1) is 0 Å². The van der Waals surface area contributed by atoms with Gasteiger partial charge < -0.3 is 4.90 Å². The molecule has 0 aromatic rings. The largest absolute Gasteiger partial charge is 0.402 e. The summed E-state index contributed by atoms with van der Waals surface area (Å²) in [5, 5.41) is 0. The first kappa shape index (κ1) is 12.6. The molecule has 0 N–H and O–H groups in total. The lowest BCUT2D eigenvalue weighted by Gasteiger charge is -2.26. The lowest BCUT2D eigenvalue weighted by atomic mass is 10.2. The number of halogens is 4. The van der Waals surface area contributed by atoms with Crippen LogP contribution in [0.5, 0.6) is 0 Å². The van der Waals surface area contributed by atoms with Crippen molar-refractivity contribution >= 4 is 27.7 Å². The lowest BCUT2D eigenvalue weighted by molar-refractivity contribution is -0.130. The highest BCUT2D eigenvalue weighted by atomic mass is 79.9. The standard InChI is InChI=1S/C8H13BrF3NS/c1-13(6-2-3-14-5-6)4-7(9)8(10,11)12/h6-7H,2-5H2,1H3. The van der Waals surface area contributed by atoms with E-state index >= 15 is 0 Å². The van der Waals surface area contributed by atoms with Crippen molar-refractivity contribution in [2.24, 2.45) is 0 Å². The average Bonchev–Trinajstić information content (AvgIpc) is 2.53. The number of rotatable bonds is 3. The maximum Gasteiger partial charge on any atom is 0.402 e. The van der Waals surface area contributed by atoms with E-state index in [0.717, 1.165) is 17.9 Å². The highest BCUT2D eigenvalue weighted by molar-refractivity contribution is 9.09. The van der Waals surface area contributed by atoms with Crippen LogP contribution in [0.3, 0.4) is 0 Å². The quantitative estimate of drug-likeness (QED) is 0.736. The van der Waals surface area contributed by atoms with E-state index in [0.29, 0.717) is 6.04 Å². The monoisotopic (exact) mass is 291 g/mol. The zero-order valence-corrected chi connectivity index (χ0v) is 10.3. The zero-order valence-electron chi connectivity index (χ0n) is 7.85. The summed E-state index contributed by atoms with van der Waals surface area (Å²) in [4.78, 5) is 0.387. The third kappa shape index (κ3) is 3.62. The summed E-state index contributed by atoms with van der Waals surface area (Å²) in [6.07, 6.45) is -3.14. The van der Waals surface area contributed by atoms with Gasteiger partial charge in [-0.2, -0.15) is 24.9 Å². The zero-order chi connectivity index (χ0) is 10.8. The van der Waals surface area contributed by atoms with E-state index in [-0.39, 0.29) is 6.54 Å². The first-order valence-electron chi connectivity index (χ1n) is 4.40. The Hall–Kier alpha value is 0.580. The van der Waals surface area contributed by atoms with Crippen molar-refractivity contribution in [1.29, 1.82) is 0 Å². The van der Waals surface area contributed by atoms with Crippen molar-refractivity contribution in [2.75, 3.05) is 25.1 Å². The second-order valence-electron chi connectivity index (χ2n) is 3.47. The molecule has 2 unspecified atom stereocenters. The fourth-order valence-corrected chi connectivity index (χ4v) is 3.13. The Balaban J connectivity index is 2.35. The summed E-state index contributed by atoms with van der Waals surface area (Å²) >= 11 is 4.48. The van der Waals surface area contributed by atoms with Crippen LogP contribution in [0.15, 0.2) is 0 Å². The number of hydrogen-bond donors (Lipinski definition) is 0. The van der Waals surface area contributed by atoms with Gasteiger partial charge in [-0.05, 0) is 19.2 Å². The Labute approximate surface area is 94.5 Å². The highest BCUT2D eigenvalue weighted by Crippen LogP contribution is 2.29. The van der Waals surface area contributed by atoms with Crippen molar-refractivity contribution in [1.82, 2.24) is 4.90 Å². The van der Waals surface area contributed by atoms with Crippen molar-refractivity contribution in [3.05, 3.63) is 0 Å². The van der Waals surface area contributed by atoms with E-state index in [1.807, 2.05) is 0 Å². The van der Waals surface area contributed by atoms with Crippen molar-refractivity contribution < 1.29 is 13.2 Å². The van der Waals surface area contributed by atoms with Crippen molar-refractivity contribution in [3.63, 3.8) is 0 Å². The average molecular weight is 292 g/mol. The predicted molar refractivity (Wildman–Crippen MR) is 57.1 cm³/mol. The molecule has 6 heteroatoms. The van der Waals surface area contributed by atoms with E-state index in [4.69, 9.17) is 0 Å². The summed E-state index contributed by atoms with van der Waals surface area (Å²) in [5.41, 5.74) is 0. The molecule has 0 aromatic heterocycles. The molecule has 0 amide bonds. The predicted octanol–water partition coefficient (Wildman–Crippen LogP) is 2.75. The van der Waals surface area contributed by atoms with E-state index in [1.54, 1.807) is 23.7 Å². The van der Waals surface area contributed by atoms with Crippen LogP contribution in [-0.2, 0) is 0 Å². The Morgan fingerprint density at radius 2 is 2.21 bits per heavy atom. The fourth-order valence-electron chi connectivity index (χ4n) is 1.38. The van der Waals surface area contributed by atoms with Gasteiger partial charge in [0.15, 0.2) is 0 Å². The molecule has 0 aromatic carbocycles. The smallest absolute Gasteiger partial charge is 0.301 e. The maximum absolute atomic E-state index is 12.2. The first-order chi connectivity index (χ1) is 6.41. The molecule has 1 heterocycles. The number of hydrogen-bond acceptors (Lipinski definition) is 2. The molecule has 14 heavy (non-hydrogen) atoms. The Morgan fingerprint density at radius 3 is 2.64 bits per heavy atom. The van der Waals surface area contributed by atoms with Gasteiger partial charge in [-0.3, -0.25) is 0 Å². The van der Waals surface area contributed by atoms with E-state index in [1.165, 1.54) is 0 Å². The summed E-state index contributed by atoms with van der Waals surface area (Å²) < 4.78 is 36.7. The summed E-state index contributed by atoms with van der Waals surface area (Å²) in [6.45, 7) is 0.0364. The molecule has 0 aliphatic carbocycles. The van der Waals surface area contributed by atoms with E-state index in [2.05, 4.69) is 15.9 Å². The molecule has 1 aliphatic rings. The molecule has 0 bridgehead atoms. The van der Waals surface area contributed by atoms with Gasteiger partial charge in [-0.1, -0.05) is 15.9 Å². The minimum atomic E-state index is -4.14. The maximum atomic E-state index is 12.2. The third-order valence-electron chi connectivity index (χ3n) is 2.33. The first-order valence-corrected chi connectivity index (χ1v) is 6.47. The summed E-state index contributed by atoms with van der Waals surface area (Å²) in [5.74, 6) is 2.02. The van der Waals surface area contributed by atoms with E-state index < -0.39 is 11.0 Å². The van der Waals surface area contributed by atoms with Gasteiger partial charge in [0.25, 0.3) is 0 Å². The van der Waals surface area contributed by atoms with Crippen LogP contribution < -0.4 is 0 Å². The molecule has 0 radical (unpaired) electrons. The number of alkyl halides is 4. The van der Waals surface area contributed by atoms with Gasteiger partial charge >= 0.3 is 6.18 Å². The van der Waals surface area contributed by atoms with Crippen LogP contribution >= 0.6 is 27.7 Å². The summed E-state index contributed by atoms with van der Waals surface area (Å²) in [7, 11) is 1.76. The molecule has 84 valence electrons. The van der Waals surface area contributed by atoms with E-state index in [9.17, 15) is 13.2 Å². The van der Waals surface area contributed by atoms with Gasteiger partial charge in [0, 0.05) is 18.3 Å². The topological polar surface area (TPSA) is 3.24 Å². The normalized spacial score (nSPS) is 25.7. The molecule has 1 saturated heterocycles. The van der Waals surface area contributed by atoms with Crippen LogP contribution in [0.25, 0.3) is 0 Å². The second-order valence-corrected chi connectivity index (χ2v) is 5.72. The van der Waals surface area contributed by atoms with Crippen LogP contribution in [0.4, 0.5) is 13.2 Å². The minimum absolute atomic E-state index is 0.0364. The molecule has 2 atom stereocenters. The molecule has 1 aliphatic heterocycles. The molecular weight excluding hydrogens is 279 g/mol. The van der Waals surface area contributed by atoms with Crippen LogP contribution in [0.2, 0.25) is 0 Å². The SMILES string of the molecule is CN(CC(Br)C(F)(F)F)C1CCSC1. The Morgan fingerprint density at radius 1 is 1.57 bits per heavy atom.